The maximum Gasteiger partial charge on any atom is 0.224 e. The summed E-state index contributed by atoms with van der Waals surface area (Å²) in [5.74, 6) is 1.61. The van der Waals surface area contributed by atoms with Gasteiger partial charge in [-0.3, -0.25) is 0 Å². The van der Waals surface area contributed by atoms with Crippen LogP contribution in [-0.2, 0) is 6.54 Å². The molecule has 0 aliphatic heterocycles. The first-order valence-electron chi connectivity index (χ1n) is 7.81. The molecule has 2 heterocycles. The van der Waals surface area contributed by atoms with E-state index in [0.29, 0.717) is 5.15 Å². The molecule has 0 spiro atoms. The van der Waals surface area contributed by atoms with Gasteiger partial charge in [-0.2, -0.15) is 0 Å². The lowest BCUT2D eigenvalue weighted by Gasteiger charge is -2.26. The van der Waals surface area contributed by atoms with Crippen LogP contribution in [0.5, 0.6) is 0 Å². The summed E-state index contributed by atoms with van der Waals surface area (Å²) in [5.41, 5.74) is 1.74. The van der Waals surface area contributed by atoms with Crippen molar-refractivity contribution in [1.82, 2.24) is 14.5 Å². The fourth-order valence-electron chi connectivity index (χ4n) is 2.98. The minimum absolute atomic E-state index is 0.210. The minimum atomic E-state index is 0.210. The zero-order valence-electron chi connectivity index (χ0n) is 12.9. The third kappa shape index (κ3) is 3.89. The molecule has 0 unspecified atom stereocenters. The Hall–Kier alpha value is -0.800. The average molecular weight is 328 g/mol. The van der Waals surface area contributed by atoms with Crippen LogP contribution >= 0.6 is 23.2 Å². The Labute approximate surface area is 136 Å². The van der Waals surface area contributed by atoms with Gasteiger partial charge in [0.1, 0.15) is 5.52 Å². The Morgan fingerprint density at radius 1 is 1.14 bits per heavy atom. The van der Waals surface area contributed by atoms with Gasteiger partial charge < -0.3 is 4.57 Å². The molecule has 2 aromatic heterocycles. The highest BCUT2D eigenvalue weighted by molar-refractivity contribution is 6.35. The molecule has 1 aliphatic carbocycles. The average Bonchev–Trinajstić information content (AvgIpc) is 2.86. The summed E-state index contributed by atoms with van der Waals surface area (Å²) in [5, 5.41) is 0.658. The molecule has 0 aromatic carbocycles. The summed E-state index contributed by atoms with van der Waals surface area (Å²) in [6.07, 6.45) is 7.30. The second-order valence-corrected chi connectivity index (χ2v) is 6.31. The summed E-state index contributed by atoms with van der Waals surface area (Å²) in [6, 6.07) is 1.96. The molecule has 2 aromatic rings. The van der Waals surface area contributed by atoms with Crippen molar-refractivity contribution in [1.29, 1.82) is 0 Å². The lowest BCUT2D eigenvalue weighted by molar-refractivity contribution is 0.267. The van der Waals surface area contributed by atoms with E-state index in [4.69, 9.17) is 23.2 Å². The Bertz CT molecular complexity index is 586. The van der Waals surface area contributed by atoms with E-state index >= 15 is 0 Å². The van der Waals surface area contributed by atoms with E-state index in [2.05, 4.69) is 21.5 Å². The van der Waals surface area contributed by atoms with Crippen LogP contribution in [-0.4, -0.2) is 14.5 Å². The quantitative estimate of drug-likeness (QED) is 0.531. The topological polar surface area (TPSA) is 30.7 Å². The van der Waals surface area contributed by atoms with Crippen molar-refractivity contribution in [2.24, 2.45) is 11.8 Å². The Morgan fingerprint density at radius 2 is 1.81 bits per heavy atom. The molecule has 1 fully saturated rings. The highest BCUT2D eigenvalue weighted by Gasteiger charge is 2.20. The van der Waals surface area contributed by atoms with Gasteiger partial charge in [-0.1, -0.05) is 45.2 Å². The first kappa shape index (κ1) is 16.6. The first-order valence-corrected chi connectivity index (χ1v) is 8.57. The molecule has 116 valence electrons. The molecule has 21 heavy (non-hydrogen) atoms. The van der Waals surface area contributed by atoms with Gasteiger partial charge in [0.15, 0.2) is 5.15 Å². The van der Waals surface area contributed by atoms with Crippen molar-refractivity contribution in [3.8, 4) is 0 Å². The molecule has 1 aliphatic rings. The third-order valence-corrected chi connectivity index (χ3v) is 4.56. The van der Waals surface area contributed by atoms with Crippen molar-refractivity contribution in [3.63, 3.8) is 0 Å². The molecule has 1 saturated carbocycles. The minimum Gasteiger partial charge on any atom is -0.343 e. The second-order valence-electron chi connectivity index (χ2n) is 5.61. The van der Waals surface area contributed by atoms with Crippen LogP contribution in [0.1, 0.15) is 46.5 Å². The van der Waals surface area contributed by atoms with Gasteiger partial charge in [0.05, 0.1) is 5.52 Å². The molecule has 0 N–H and O–H groups in total. The van der Waals surface area contributed by atoms with E-state index in [1.807, 2.05) is 26.1 Å². The van der Waals surface area contributed by atoms with Gasteiger partial charge in [0.25, 0.3) is 0 Å². The van der Waals surface area contributed by atoms with Crippen LogP contribution in [0.15, 0.2) is 12.3 Å². The number of nitrogens with zero attached hydrogens (tertiary/aromatic N) is 3. The van der Waals surface area contributed by atoms with E-state index in [1.165, 1.54) is 25.7 Å². The van der Waals surface area contributed by atoms with Crippen LogP contribution in [0.2, 0.25) is 10.4 Å². The number of hydrogen-bond acceptors (Lipinski definition) is 2. The summed E-state index contributed by atoms with van der Waals surface area (Å²) in [4.78, 5) is 8.25. The van der Waals surface area contributed by atoms with Crippen LogP contribution in [0.4, 0.5) is 0 Å². The maximum absolute atomic E-state index is 6.19. The fraction of sp³-hybridized carbons (Fsp3) is 0.625. The predicted molar refractivity (Wildman–Crippen MR) is 90.0 cm³/mol. The summed E-state index contributed by atoms with van der Waals surface area (Å²) >= 11 is 12.0. The van der Waals surface area contributed by atoms with Crippen LogP contribution in [0.25, 0.3) is 11.0 Å². The number of aromatic nitrogens is 3. The fourth-order valence-corrected chi connectivity index (χ4v) is 3.48. The van der Waals surface area contributed by atoms with E-state index < -0.39 is 0 Å². The van der Waals surface area contributed by atoms with Gasteiger partial charge in [-0.05, 0) is 42.3 Å². The number of fused-ring (bicyclic) bond motifs is 1. The monoisotopic (exact) mass is 327 g/mol. The van der Waals surface area contributed by atoms with Crippen LogP contribution < -0.4 is 0 Å². The lowest BCUT2D eigenvalue weighted by atomic mass is 9.83. The van der Waals surface area contributed by atoms with E-state index in [9.17, 15) is 0 Å². The van der Waals surface area contributed by atoms with Crippen molar-refractivity contribution in [2.45, 2.75) is 53.0 Å². The molecule has 0 atom stereocenters. The normalized spacial score (nSPS) is 22.0. The Balaban J connectivity index is 0.000000774. The highest BCUT2D eigenvalue weighted by atomic mass is 35.5. The lowest BCUT2D eigenvalue weighted by Crippen LogP contribution is -2.17. The first-order chi connectivity index (χ1) is 10.1. The van der Waals surface area contributed by atoms with Crippen LogP contribution in [0, 0.1) is 11.8 Å². The maximum atomic E-state index is 6.19. The zero-order chi connectivity index (χ0) is 15.4. The van der Waals surface area contributed by atoms with Crippen molar-refractivity contribution >= 4 is 34.2 Å². The molecule has 0 radical (unpaired) electrons. The zero-order valence-corrected chi connectivity index (χ0v) is 14.5. The standard InChI is InChI=1S/C14H17Cl2N3.C2H6/c1-9-2-4-10(5-3-9)8-19-7-6-11-12(19)13(15)18-14(16)17-11;1-2/h6-7,9-10H,2-5,8H2,1H3;1-2H3. The Kier molecular flexibility index (Phi) is 5.88. The molecule has 0 bridgehead atoms. The molecular formula is C16H23Cl2N3. The highest BCUT2D eigenvalue weighted by Crippen LogP contribution is 2.31. The second kappa shape index (κ2) is 7.46. The smallest absolute Gasteiger partial charge is 0.224 e. The van der Waals surface area contributed by atoms with E-state index in [1.54, 1.807) is 0 Å². The van der Waals surface area contributed by atoms with Gasteiger partial charge in [-0.25, -0.2) is 9.97 Å². The molecule has 0 amide bonds. The van der Waals surface area contributed by atoms with Gasteiger partial charge in [-0.15, -0.1) is 0 Å². The van der Waals surface area contributed by atoms with Gasteiger partial charge in [0, 0.05) is 12.7 Å². The number of halogens is 2. The van der Waals surface area contributed by atoms with Crippen molar-refractivity contribution < 1.29 is 0 Å². The largest absolute Gasteiger partial charge is 0.343 e. The SMILES string of the molecule is CC.CC1CCC(Cn2ccc3nc(Cl)nc(Cl)c32)CC1. The summed E-state index contributed by atoms with van der Waals surface area (Å²) < 4.78 is 2.18. The molecule has 3 nitrogen and oxygen atoms in total. The number of hydrogen-bond donors (Lipinski definition) is 0. The van der Waals surface area contributed by atoms with Crippen molar-refractivity contribution in [2.75, 3.05) is 0 Å². The summed E-state index contributed by atoms with van der Waals surface area (Å²) in [7, 11) is 0. The van der Waals surface area contributed by atoms with E-state index in [0.717, 1.165) is 29.4 Å². The summed E-state index contributed by atoms with van der Waals surface area (Å²) in [6.45, 7) is 7.34. The Morgan fingerprint density at radius 3 is 2.48 bits per heavy atom. The van der Waals surface area contributed by atoms with Crippen molar-refractivity contribution in [3.05, 3.63) is 22.7 Å². The molecular weight excluding hydrogens is 305 g/mol. The molecule has 0 saturated heterocycles. The molecule has 3 rings (SSSR count). The number of rotatable bonds is 2. The predicted octanol–water partition coefficient (Wildman–Crippen LogP) is 5.59. The molecule has 5 heteroatoms. The van der Waals surface area contributed by atoms with Gasteiger partial charge >= 0.3 is 0 Å². The van der Waals surface area contributed by atoms with Crippen LogP contribution in [0.3, 0.4) is 0 Å². The van der Waals surface area contributed by atoms with Gasteiger partial charge in [0.2, 0.25) is 5.28 Å². The van der Waals surface area contributed by atoms with E-state index in [-0.39, 0.29) is 5.28 Å². The third-order valence-electron chi connectivity index (χ3n) is 4.13.